The van der Waals surface area contributed by atoms with Gasteiger partial charge in [-0.2, -0.15) is 4.98 Å². The first-order valence-electron chi connectivity index (χ1n) is 9.23. The first-order chi connectivity index (χ1) is 12.7. The van der Waals surface area contributed by atoms with Crippen LogP contribution in [0.1, 0.15) is 24.8 Å². The summed E-state index contributed by atoms with van der Waals surface area (Å²) in [7, 11) is 0. The van der Waals surface area contributed by atoms with E-state index in [1.54, 1.807) is 11.3 Å². The minimum Gasteiger partial charge on any atom is -0.368 e. The Hall–Kier alpha value is -2.18. The maximum absolute atomic E-state index is 5.90. The predicted octanol–water partition coefficient (Wildman–Crippen LogP) is 3.59. The number of nitrogen functional groups attached to an aromatic ring is 1. The molecule has 1 atom stereocenters. The Balaban J connectivity index is 1.35. The third kappa shape index (κ3) is 3.66. The molecule has 1 fully saturated rings. The van der Waals surface area contributed by atoms with Crippen molar-refractivity contribution in [2.45, 2.75) is 19.3 Å². The first-order valence-corrected chi connectivity index (χ1v) is 10.1. The molecular weight excluding hydrogens is 342 g/mol. The molecule has 1 saturated heterocycles. The molecule has 1 aliphatic heterocycles. The van der Waals surface area contributed by atoms with Gasteiger partial charge in [0, 0.05) is 26.2 Å². The van der Waals surface area contributed by atoms with Crippen LogP contribution in [0.25, 0.3) is 10.2 Å². The molecule has 3 heterocycles. The van der Waals surface area contributed by atoms with E-state index in [0.29, 0.717) is 11.9 Å². The predicted molar refractivity (Wildman–Crippen MR) is 110 cm³/mol. The van der Waals surface area contributed by atoms with Gasteiger partial charge >= 0.3 is 0 Å². The van der Waals surface area contributed by atoms with E-state index in [0.717, 1.165) is 48.8 Å². The largest absolute Gasteiger partial charge is 0.368 e. The van der Waals surface area contributed by atoms with Gasteiger partial charge in [-0.25, -0.2) is 4.98 Å². The Morgan fingerprint density at radius 1 is 1.08 bits per heavy atom. The second-order valence-electron chi connectivity index (χ2n) is 6.97. The monoisotopic (exact) mass is 367 g/mol. The molecule has 6 heteroatoms. The molecule has 3 aromatic rings. The van der Waals surface area contributed by atoms with E-state index in [4.69, 9.17) is 5.73 Å². The summed E-state index contributed by atoms with van der Waals surface area (Å²) >= 11 is 1.62. The fourth-order valence-corrected chi connectivity index (χ4v) is 4.37. The van der Waals surface area contributed by atoms with Crippen LogP contribution < -0.4 is 10.6 Å². The standard InChI is InChI=1S/C20H25N5S/c1-15(16-5-3-2-4-6-16)7-9-24-10-12-25(13-11-24)18-17-8-14-26-19(17)23-20(21)22-18/h2-6,8,14-15H,7,9-13H2,1H3,(H2,21,22,23). The molecule has 0 amide bonds. The molecule has 0 aliphatic carbocycles. The number of thiophene rings is 1. The summed E-state index contributed by atoms with van der Waals surface area (Å²) in [6, 6.07) is 12.9. The molecule has 2 aromatic heterocycles. The lowest BCUT2D eigenvalue weighted by Crippen LogP contribution is -2.47. The number of aromatic nitrogens is 2. The lowest BCUT2D eigenvalue weighted by atomic mass is 9.97. The van der Waals surface area contributed by atoms with E-state index >= 15 is 0 Å². The average Bonchev–Trinajstić information content (AvgIpc) is 3.15. The van der Waals surface area contributed by atoms with E-state index in [1.807, 2.05) is 0 Å². The summed E-state index contributed by atoms with van der Waals surface area (Å²) in [5.74, 6) is 1.96. The number of anilines is 2. The number of benzene rings is 1. The van der Waals surface area contributed by atoms with Crippen LogP contribution in [-0.2, 0) is 0 Å². The summed E-state index contributed by atoms with van der Waals surface area (Å²) in [5, 5.41) is 3.18. The van der Waals surface area contributed by atoms with Crippen molar-refractivity contribution in [1.29, 1.82) is 0 Å². The maximum atomic E-state index is 5.90. The van der Waals surface area contributed by atoms with Crippen LogP contribution in [0, 0.1) is 0 Å². The highest BCUT2D eigenvalue weighted by Crippen LogP contribution is 2.29. The van der Waals surface area contributed by atoms with Crippen LogP contribution in [0.3, 0.4) is 0 Å². The third-order valence-corrected chi connectivity index (χ3v) is 6.05. The second-order valence-corrected chi connectivity index (χ2v) is 7.87. The summed E-state index contributed by atoms with van der Waals surface area (Å²) in [6.07, 6.45) is 1.19. The second kappa shape index (κ2) is 7.60. The molecule has 0 spiro atoms. The van der Waals surface area contributed by atoms with Gasteiger partial charge in [0.2, 0.25) is 5.95 Å². The molecular formula is C20H25N5S. The minimum atomic E-state index is 0.370. The maximum Gasteiger partial charge on any atom is 0.223 e. The molecule has 0 radical (unpaired) electrons. The zero-order valence-corrected chi connectivity index (χ0v) is 16.0. The van der Waals surface area contributed by atoms with Crippen LogP contribution in [0.4, 0.5) is 11.8 Å². The summed E-state index contributed by atoms with van der Waals surface area (Å²) in [4.78, 5) is 14.7. The SMILES string of the molecule is CC(CCN1CCN(c2nc(N)nc3sccc23)CC1)c1ccccc1. The Morgan fingerprint density at radius 3 is 2.62 bits per heavy atom. The van der Waals surface area contributed by atoms with Gasteiger partial charge in [-0.1, -0.05) is 37.3 Å². The van der Waals surface area contributed by atoms with E-state index in [2.05, 4.69) is 68.5 Å². The molecule has 1 aromatic carbocycles. The summed E-state index contributed by atoms with van der Waals surface area (Å²) < 4.78 is 0. The number of hydrogen-bond acceptors (Lipinski definition) is 6. The van der Waals surface area contributed by atoms with Gasteiger partial charge in [0.05, 0.1) is 5.39 Å². The summed E-state index contributed by atoms with van der Waals surface area (Å²) in [5.41, 5.74) is 7.33. The van der Waals surface area contributed by atoms with Gasteiger partial charge in [0.25, 0.3) is 0 Å². The number of piperazine rings is 1. The van der Waals surface area contributed by atoms with Gasteiger partial charge < -0.3 is 10.6 Å². The molecule has 0 bridgehead atoms. The lowest BCUT2D eigenvalue weighted by molar-refractivity contribution is 0.249. The zero-order chi connectivity index (χ0) is 17.9. The van der Waals surface area contributed by atoms with Crippen molar-refractivity contribution < 1.29 is 0 Å². The molecule has 5 nitrogen and oxygen atoms in total. The van der Waals surface area contributed by atoms with Crippen molar-refractivity contribution in [2.24, 2.45) is 0 Å². The van der Waals surface area contributed by atoms with Crippen molar-refractivity contribution >= 4 is 33.3 Å². The van der Waals surface area contributed by atoms with Crippen molar-refractivity contribution in [1.82, 2.24) is 14.9 Å². The van der Waals surface area contributed by atoms with E-state index in [1.165, 1.54) is 12.0 Å². The smallest absolute Gasteiger partial charge is 0.223 e. The highest BCUT2D eigenvalue weighted by atomic mass is 32.1. The van der Waals surface area contributed by atoms with Gasteiger partial charge in [-0.05, 0) is 35.9 Å². The number of nitrogens with two attached hydrogens (primary N) is 1. The minimum absolute atomic E-state index is 0.370. The van der Waals surface area contributed by atoms with Crippen LogP contribution in [0.2, 0.25) is 0 Å². The third-order valence-electron chi connectivity index (χ3n) is 5.24. The van der Waals surface area contributed by atoms with Gasteiger partial charge in [-0.15, -0.1) is 11.3 Å². The Bertz CT molecular complexity index is 855. The molecule has 136 valence electrons. The molecule has 4 rings (SSSR count). The van der Waals surface area contributed by atoms with Crippen molar-refractivity contribution in [2.75, 3.05) is 43.4 Å². The molecule has 1 aliphatic rings. The zero-order valence-electron chi connectivity index (χ0n) is 15.1. The quantitative estimate of drug-likeness (QED) is 0.747. The van der Waals surface area contributed by atoms with Gasteiger partial charge in [0.1, 0.15) is 10.6 Å². The van der Waals surface area contributed by atoms with Crippen LogP contribution in [0.5, 0.6) is 0 Å². The number of rotatable bonds is 5. The summed E-state index contributed by atoms with van der Waals surface area (Å²) in [6.45, 7) is 7.57. The van der Waals surface area contributed by atoms with Gasteiger partial charge in [0.15, 0.2) is 0 Å². The van der Waals surface area contributed by atoms with Crippen molar-refractivity contribution in [3.63, 3.8) is 0 Å². The van der Waals surface area contributed by atoms with E-state index in [-0.39, 0.29) is 0 Å². The van der Waals surface area contributed by atoms with Crippen LogP contribution in [-0.4, -0.2) is 47.6 Å². The Kier molecular flexibility index (Phi) is 5.04. The van der Waals surface area contributed by atoms with Crippen LogP contribution >= 0.6 is 11.3 Å². The average molecular weight is 368 g/mol. The Labute approximate surface area is 158 Å². The lowest BCUT2D eigenvalue weighted by Gasteiger charge is -2.36. The Morgan fingerprint density at radius 2 is 1.85 bits per heavy atom. The molecule has 26 heavy (non-hydrogen) atoms. The number of hydrogen-bond donors (Lipinski definition) is 1. The molecule has 1 unspecified atom stereocenters. The number of fused-ring (bicyclic) bond motifs is 1. The molecule has 0 saturated carbocycles. The number of nitrogens with zero attached hydrogens (tertiary/aromatic N) is 4. The fourth-order valence-electron chi connectivity index (χ4n) is 3.60. The van der Waals surface area contributed by atoms with Gasteiger partial charge in [-0.3, -0.25) is 4.90 Å². The van der Waals surface area contributed by atoms with Crippen molar-refractivity contribution in [3.8, 4) is 0 Å². The van der Waals surface area contributed by atoms with E-state index < -0.39 is 0 Å². The molecule has 2 N–H and O–H groups in total. The topological polar surface area (TPSA) is 58.3 Å². The normalized spacial score (nSPS) is 16.9. The van der Waals surface area contributed by atoms with Crippen molar-refractivity contribution in [3.05, 3.63) is 47.3 Å². The highest BCUT2D eigenvalue weighted by Gasteiger charge is 2.21. The first kappa shape index (κ1) is 17.2. The fraction of sp³-hybridized carbons (Fsp3) is 0.400. The van der Waals surface area contributed by atoms with E-state index in [9.17, 15) is 0 Å². The highest BCUT2D eigenvalue weighted by molar-refractivity contribution is 7.16. The van der Waals surface area contributed by atoms with Crippen LogP contribution in [0.15, 0.2) is 41.8 Å².